The first-order valence-corrected chi connectivity index (χ1v) is 7.38. The van der Waals surface area contributed by atoms with Gasteiger partial charge in [0, 0.05) is 18.8 Å². The number of hydrogen-bond acceptors (Lipinski definition) is 4. The molecule has 1 aliphatic heterocycles. The van der Waals surface area contributed by atoms with Crippen LogP contribution in [0.5, 0.6) is 0 Å². The fourth-order valence-electron chi connectivity index (χ4n) is 1.86. The minimum atomic E-state index is -3.68. The van der Waals surface area contributed by atoms with E-state index < -0.39 is 15.6 Å². The van der Waals surface area contributed by atoms with Gasteiger partial charge in [0.05, 0.1) is 10.6 Å². The molecule has 18 heavy (non-hydrogen) atoms. The number of aliphatic hydroxyl groups is 1. The molecule has 7 heteroatoms. The van der Waals surface area contributed by atoms with E-state index in [0.29, 0.717) is 12.1 Å². The highest BCUT2D eigenvalue weighted by Gasteiger charge is 2.46. The number of nitrogens with two attached hydrogens (primary N) is 1. The molecule has 1 aromatic rings. The van der Waals surface area contributed by atoms with Crippen molar-refractivity contribution in [3.63, 3.8) is 0 Å². The van der Waals surface area contributed by atoms with Crippen molar-refractivity contribution in [3.8, 4) is 0 Å². The molecule has 0 spiro atoms. The molecule has 0 saturated carbocycles. The number of hydrogen-bond donors (Lipinski definition) is 2. The lowest BCUT2D eigenvalue weighted by Gasteiger charge is -2.44. The van der Waals surface area contributed by atoms with Crippen molar-refractivity contribution in [3.05, 3.63) is 23.2 Å². The maximum Gasteiger partial charge on any atom is 0.244 e. The first-order valence-electron chi connectivity index (χ1n) is 5.56. The van der Waals surface area contributed by atoms with Crippen molar-refractivity contribution in [2.45, 2.75) is 23.8 Å². The molecule has 1 heterocycles. The molecular formula is C11H15ClN2O3S. The summed E-state index contributed by atoms with van der Waals surface area (Å²) >= 11 is 5.89. The van der Waals surface area contributed by atoms with E-state index in [2.05, 4.69) is 0 Å². The van der Waals surface area contributed by atoms with Gasteiger partial charge in [0.1, 0.15) is 4.90 Å². The molecule has 1 saturated heterocycles. The number of benzene rings is 1. The molecule has 0 atom stereocenters. The van der Waals surface area contributed by atoms with Gasteiger partial charge in [0.25, 0.3) is 0 Å². The number of nitrogens with zero attached hydrogens (tertiary/aromatic N) is 1. The van der Waals surface area contributed by atoms with Crippen LogP contribution in [0.2, 0.25) is 5.02 Å². The Morgan fingerprint density at radius 2 is 2.11 bits per heavy atom. The van der Waals surface area contributed by atoms with Gasteiger partial charge in [-0.1, -0.05) is 18.5 Å². The number of sulfonamides is 1. The predicted molar refractivity (Wildman–Crippen MR) is 69.9 cm³/mol. The summed E-state index contributed by atoms with van der Waals surface area (Å²) < 4.78 is 25.7. The number of β-amino-alcohol motifs (C(OH)–C–C–N with tert-alkyl or cyclic N) is 1. The fraction of sp³-hybridized carbons (Fsp3) is 0.455. The summed E-state index contributed by atoms with van der Waals surface area (Å²) in [6.07, 6.45) is 0.518. The van der Waals surface area contributed by atoms with Crippen molar-refractivity contribution in [2.75, 3.05) is 18.8 Å². The minimum absolute atomic E-state index is 0.0117. The van der Waals surface area contributed by atoms with Gasteiger partial charge in [-0.25, -0.2) is 8.42 Å². The summed E-state index contributed by atoms with van der Waals surface area (Å²) in [5.74, 6) is 0. The zero-order valence-electron chi connectivity index (χ0n) is 9.93. The number of halogens is 1. The van der Waals surface area contributed by atoms with E-state index in [1.165, 1.54) is 16.4 Å². The molecule has 1 aromatic carbocycles. The quantitative estimate of drug-likeness (QED) is 0.816. The third-order valence-electron chi connectivity index (χ3n) is 3.17. The van der Waals surface area contributed by atoms with Gasteiger partial charge >= 0.3 is 0 Å². The Labute approximate surface area is 111 Å². The second kappa shape index (κ2) is 4.38. The van der Waals surface area contributed by atoms with Crippen LogP contribution >= 0.6 is 11.6 Å². The Morgan fingerprint density at radius 1 is 1.50 bits per heavy atom. The normalized spacial score (nSPS) is 19.5. The molecule has 0 bridgehead atoms. The summed E-state index contributed by atoms with van der Waals surface area (Å²) in [5, 5.41) is 9.99. The summed E-state index contributed by atoms with van der Waals surface area (Å²) in [7, 11) is -3.68. The van der Waals surface area contributed by atoms with Crippen LogP contribution in [-0.4, -0.2) is 36.5 Å². The van der Waals surface area contributed by atoms with Crippen molar-refractivity contribution in [2.24, 2.45) is 0 Å². The largest absolute Gasteiger partial charge is 0.399 e. The summed E-state index contributed by atoms with van der Waals surface area (Å²) in [6, 6.07) is 4.33. The molecule has 3 N–H and O–H groups in total. The second-order valence-corrected chi connectivity index (χ2v) is 6.85. The lowest BCUT2D eigenvalue weighted by atomic mass is 9.94. The van der Waals surface area contributed by atoms with E-state index in [1.54, 1.807) is 6.07 Å². The Kier molecular flexibility index (Phi) is 3.31. The highest BCUT2D eigenvalue weighted by molar-refractivity contribution is 7.89. The van der Waals surface area contributed by atoms with E-state index in [9.17, 15) is 13.5 Å². The van der Waals surface area contributed by atoms with Crippen LogP contribution < -0.4 is 5.73 Å². The topological polar surface area (TPSA) is 83.6 Å². The van der Waals surface area contributed by atoms with Gasteiger partial charge in [0.15, 0.2) is 0 Å². The summed E-state index contributed by atoms with van der Waals surface area (Å²) in [6.45, 7) is 2.01. The van der Waals surface area contributed by atoms with E-state index in [1.807, 2.05) is 6.92 Å². The Morgan fingerprint density at radius 3 is 2.67 bits per heavy atom. The van der Waals surface area contributed by atoms with Gasteiger partial charge in [0.2, 0.25) is 10.0 Å². The molecule has 5 nitrogen and oxygen atoms in total. The zero-order valence-corrected chi connectivity index (χ0v) is 11.5. The van der Waals surface area contributed by atoms with E-state index in [0.717, 1.165) is 0 Å². The summed E-state index contributed by atoms with van der Waals surface area (Å²) in [4.78, 5) is -0.0117. The van der Waals surface area contributed by atoms with E-state index in [4.69, 9.17) is 17.3 Å². The third kappa shape index (κ3) is 2.21. The standard InChI is InChI=1S/C11H15ClN2O3S/c1-2-11(15)6-14(7-11)18(16,17)10-5-8(13)3-4-9(10)12/h3-5,15H,2,6-7,13H2,1H3. The SMILES string of the molecule is CCC1(O)CN(S(=O)(=O)c2cc(N)ccc2Cl)C1. The predicted octanol–water partition coefficient (Wildman–Crippen LogP) is 1.07. The van der Waals surface area contributed by atoms with Gasteiger partial charge in [-0.3, -0.25) is 0 Å². The monoisotopic (exact) mass is 290 g/mol. The number of rotatable bonds is 3. The third-order valence-corrected chi connectivity index (χ3v) is 5.45. The molecule has 0 amide bonds. The Balaban J connectivity index is 2.31. The first-order chi connectivity index (χ1) is 8.28. The maximum absolute atomic E-state index is 12.3. The maximum atomic E-state index is 12.3. The average Bonchev–Trinajstić information content (AvgIpc) is 2.28. The smallest absolute Gasteiger partial charge is 0.244 e. The lowest BCUT2D eigenvalue weighted by Crippen LogP contribution is -2.62. The Bertz CT molecular complexity index is 568. The van der Waals surface area contributed by atoms with Crippen LogP contribution in [0.25, 0.3) is 0 Å². The molecule has 100 valence electrons. The molecule has 0 radical (unpaired) electrons. The van der Waals surface area contributed by atoms with Crippen LogP contribution in [-0.2, 0) is 10.0 Å². The second-order valence-electron chi connectivity index (χ2n) is 4.54. The molecule has 2 rings (SSSR count). The van der Waals surface area contributed by atoms with Gasteiger partial charge in [-0.15, -0.1) is 0 Å². The van der Waals surface area contributed by atoms with Crippen molar-refractivity contribution in [1.82, 2.24) is 4.31 Å². The highest BCUT2D eigenvalue weighted by atomic mass is 35.5. The van der Waals surface area contributed by atoms with Crippen LogP contribution in [0.3, 0.4) is 0 Å². The molecular weight excluding hydrogens is 276 g/mol. The molecule has 0 unspecified atom stereocenters. The first kappa shape index (κ1) is 13.6. The number of anilines is 1. The van der Waals surface area contributed by atoms with Gasteiger partial charge < -0.3 is 10.8 Å². The summed E-state index contributed by atoms with van der Waals surface area (Å²) in [5.41, 5.74) is 4.99. The molecule has 1 fully saturated rings. The van der Waals surface area contributed by atoms with Crippen LogP contribution in [0.15, 0.2) is 23.1 Å². The van der Waals surface area contributed by atoms with Crippen LogP contribution in [0.1, 0.15) is 13.3 Å². The van der Waals surface area contributed by atoms with Crippen LogP contribution in [0, 0.1) is 0 Å². The van der Waals surface area contributed by atoms with E-state index in [-0.39, 0.29) is 23.0 Å². The lowest BCUT2D eigenvalue weighted by molar-refractivity contribution is -0.0613. The zero-order chi connectivity index (χ0) is 13.6. The number of nitrogen functional groups attached to an aromatic ring is 1. The van der Waals surface area contributed by atoms with Crippen LogP contribution in [0.4, 0.5) is 5.69 Å². The van der Waals surface area contributed by atoms with Crippen molar-refractivity contribution < 1.29 is 13.5 Å². The molecule has 0 aliphatic carbocycles. The highest BCUT2D eigenvalue weighted by Crippen LogP contribution is 2.33. The van der Waals surface area contributed by atoms with E-state index >= 15 is 0 Å². The van der Waals surface area contributed by atoms with Gasteiger partial charge in [-0.2, -0.15) is 4.31 Å². The average molecular weight is 291 g/mol. The fourth-order valence-corrected chi connectivity index (χ4v) is 3.97. The molecule has 1 aliphatic rings. The minimum Gasteiger partial charge on any atom is -0.399 e. The molecule has 0 aromatic heterocycles. The van der Waals surface area contributed by atoms with Crippen molar-refractivity contribution >= 4 is 27.3 Å². The van der Waals surface area contributed by atoms with Gasteiger partial charge in [-0.05, 0) is 24.6 Å². The Hall–Kier alpha value is -0.820. The van der Waals surface area contributed by atoms with Crippen molar-refractivity contribution in [1.29, 1.82) is 0 Å².